The molecule has 10 heteroatoms. The van der Waals surface area contributed by atoms with Crippen molar-refractivity contribution in [2.24, 2.45) is 5.73 Å². The van der Waals surface area contributed by atoms with Gasteiger partial charge in [-0.15, -0.1) is 0 Å². The molecule has 0 bridgehead atoms. The first-order valence-electron chi connectivity index (χ1n) is 33.0. The number of unbranched alkanes of at least 4 members (excludes halogenated alkanes) is 21. The minimum absolute atomic E-state index is 0.0452. The Balaban J connectivity index is 3.96. The number of carbonyl (C=O) groups is 2. The normalized spacial score (nSPS) is 14.0. The van der Waals surface area contributed by atoms with Gasteiger partial charge in [-0.3, -0.25) is 18.6 Å². The van der Waals surface area contributed by atoms with Crippen LogP contribution >= 0.6 is 7.82 Å². The highest BCUT2D eigenvalue weighted by Crippen LogP contribution is 2.43. The molecule has 0 aromatic rings. The molecule has 3 N–H and O–H groups in total. The topological polar surface area (TPSA) is 134 Å². The van der Waals surface area contributed by atoms with Crippen molar-refractivity contribution >= 4 is 19.8 Å². The van der Waals surface area contributed by atoms with E-state index in [0.29, 0.717) is 6.42 Å². The average Bonchev–Trinajstić information content (AvgIpc) is 3.48. The molecule has 0 aliphatic rings. The van der Waals surface area contributed by atoms with Crippen molar-refractivity contribution < 1.29 is 37.6 Å². The number of esters is 2. The summed E-state index contributed by atoms with van der Waals surface area (Å²) in [4.78, 5) is 35.3. The van der Waals surface area contributed by atoms with Crippen LogP contribution in [0.2, 0.25) is 0 Å². The highest BCUT2D eigenvalue weighted by Gasteiger charge is 2.26. The van der Waals surface area contributed by atoms with E-state index in [1.807, 2.05) is 0 Å². The molecule has 0 heterocycles. The van der Waals surface area contributed by atoms with Crippen LogP contribution in [0.3, 0.4) is 0 Å². The highest BCUT2D eigenvalue weighted by atomic mass is 31.2. The van der Waals surface area contributed by atoms with Crippen LogP contribution in [0.4, 0.5) is 0 Å². The molecule has 0 rings (SSSR count). The number of nitrogens with two attached hydrogens (primary N) is 1. The fourth-order valence-electron chi connectivity index (χ4n) is 8.62. The molecular weight excluding hydrogens is 1050 g/mol. The smallest absolute Gasteiger partial charge is 0.462 e. The van der Waals surface area contributed by atoms with Crippen LogP contribution in [-0.2, 0) is 32.7 Å². The van der Waals surface area contributed by atoms with Crippen LogP contribution in [0, 0.1) is 0 Å². The van der Waals surface area contributed by atoms with Gasteiger partial charge >= 0.3 is 19.8 Å². The summed E-state index contributed by atoms with van der Waals surface area (Å²) in [6, 6.07) is 0. The average molecular weight is 1170 g/mol. The first-order chi connectivity index (χ1) is 40.8. The Bertz CT molecular complexity index is 1920. The van der Waals surface area contributed by atoms with E-state index in [0.717, 1.165) is 141 Å². The Kier molecular flexibility index (Phi) is 63.3. The van der Waals surface area contributed by atoms with Gasteiger partial charge < -0.3 is 20.1 Å². The molecule has 0 saturated heterocycles. The quantitative estimate of drug-likeness (QED) is 0.0264. The maximum absolute atomic E-state index is 12.8. The third-order valence-electron chi connectivity index (χ3n) is 13.4. The van der Waals surface area contributed by atoms with E-state index < -0.39 is 26.5 Å². The Morgan fingerprint density at radius 2 is 0.627 bits per heavy atom. The number of hydrogen-bond acceptors (Lipinski definition) is 8. The van der Waals surface area contributed by atoms with E-state index in [4.69, 9.17) is 24.3 Å². The minimum atomic E-state index is -4.40. The number of carbonyl (C=O) groups excluding carboxylic acids is 2. The van der Waals surface area contributed by atoms with Crippen molar-refractivity contribution in [2.45, 2.75) is 264 Å². The van der Waals surface area contributed by atoms with Gasteiger partial charge in [-0.25, -0.2) is 4.57 Å². The molecule has 0 radical (unpaired) electrons. The van der Waals surface area contributed by atoms with Crippen molar-refractivity contribution in [2.75, 3.05) is 26.4 Å². The van der Waals surface area contributed by atoms with Gasteiger partial charge in [-0.05, 0) is 122 Å². The fraction of sp³-hybridized carbons (Fsp3) is 0.616. The van der Waals surface area contributed by atoms with Crippen molar-refractivity contribution in [3.8, 4) is 0 Å². The number of hydrogen-bond donors (Lipinski definition) is 2. The fourth-order valence-corrected chi connectivity index (χ4v) is 9.39. The number of phosphoric ester groups is 1. The molecule has 0 spiro atoms. The zero-order valence-corrected chi connectivity index (χ0v) is 53.5. The molecule has 0 aromatic carbocycles. The van der Waals surface area contributed by atoms with Crippen molar-refractivity contribution in [3.63, 3.8) is 0 Å². The summed E-state index contributed by atoms with van der Waals surface area (Å²) in [7, 11) is -4.40. The van der Waals surface area contributed by atoms with Gasteiger partial charge in [0.2, 0.25) is 0 Å². The summed E-state index contributed by atoms with van der Waals surface area (Å²) in [6.45, 7) is 3.51. The third kappa shape index (κ3) is 66.6. The van der Waals surface area contributed by atoms with Crippen LogP contribution in [-0.4, -0.2) is 49.3 Å². The summed E-state index contributed by atoms with van der Waals surface area (Å²) in [5, 5.41) is 0. The molecule has 0 aromatic heterocycles. The third-order valence-corrected chi connectivity index (χ3v) is 14.4. The zero-order chi connectivity index (χ0) is 60.1. The number of allylic oxidation sites excluding steroid dienone is 26. The molecule has 0 aliphatic carbocycles. The number of ether oxygens (including phenoxy) is 2. The maximum Gasteiger partial charge on any atom is 0.472 e. The summed E-state index contributed by atoms with van der Waals surface area (Å²) < 4.78 is 33.1. The Hall–Kier alpha value is -4.37. The molecular formula is C73H120NO8P. The van der Waals surface area contributed by atoms with Gasteiger partial charge in [0, 0.05) is 19.4 Å². The Labute approximate surface area is 509 Å². The van der Waals surface area contributed by atoms with Gasteiger partial charge in [0.1, 0.15) is 6.61 Å². The Morgan fingerprint density at radius 1 is 0.361 bits per heavy atom. The minimum Gasteiger partial charge on any atom is -0.462 e. The van der Waals surface area contributed by atoms with Crippen molar-refractivity contribution in [1.82, 2.24) is 0 Å². The van der Waals surface area contributed by atoms with Gasteiger partial charge in [-0.2, -0.15) is 0 Å². The van der Waals surface area contributed by atoms with E-state index in [-0.39, 0.29) is 38.6 Å². The molecule has 0 fully saturated rings. The predicted molar refractivity (Wildman–Crippen MR) is 357 cm³/mol. The summed E-state index contributed by atoms with van der Waals surface area (Å²) in [6.07, 6.45) is 97.4. The van der Waals surface area contributed by atoms with Crippen LogP contribution in [0.1, 0.15) is 258 Å². The standard InChI is InChI=1S/C73H120NO8P/c1-3-5-7-9-11-13-15-17-19-21-23-25-27-28-29-30-31-32-33-34-35-36-37-38-39-40-41-42-44-46-48-50-52-54-56-58-60-62-64-66-73(76)82-71(70-81-83(77,78)80-68-67-74)69-79-72(75)65-63-61-59-57-55-53-51-49-47-45-43-26-24-22-20-18-16-14-12-10-8-6-4-2/h5-8,11-14,17-20,23-26,28-29,31-32,34-35,37-38,40-41,71H,3-4,9-10,15-16,21-22,27,30,33,36,39,42-70,74H2,1-2H3,(H,77,78)/b7-5-,8-6-,13-11-,14-12-,19-17-,20-18-,25-23-,26-24-,29-28-,32-31-,35-34-,38-37-,41-40-. The van der Waals surface area contributed by atoms with E-state index in [2.05, 4.69) is 172 Å². The molecule has 9 nitrogen and oxygen atoms in total. The van der Waals surface area contributed by atoms with Gasteiger partial charge in [-0.1, -0.05) is 281 Å². The molecule has 0 saturated carbocycles. The largest absolute Gasteiger partial charge is 0.472 e. The van der Waals surface area contributed by atoms with E-state index >= 15 is 0 Å². The summed E-state index contributed by atoms with van der Waals surface area (Å²) >= 11 is 0. The second-order valence-corrected chi connectivity index (χ2v) is 22.7. The van der Waals surface area contributed by atoms with Crippen LogP contribution < -0.4 is 5.73 Å². The number of phosphoric acid groups is 1. The van der Waals surface area contributed by atoms with Crippen LogP contribution in [0.5, 0.6) is 0 Å². The van der Waals surface area contributed by atoms with Crippen LogP contribution in [0.25, 0.3) is 0 Å². The van der Waals surface area contributed by atoms with Crippen molar-refractivity contribution in [1.29, 1.82) is 0 Å². The van der Waals surface area contributed by atoms with E-state index in [9.17, 15) is 19.0 Å². The lowest BCUT2D eigenvalue weighted by Crippen LogP contribution is -2.29. The van der Waals surface area contributed by atoms with Gasteiger partial charge in [0.15, 0.2) is 6.10 Å². The van der Waals surface area contributed by atoms with Crippen LogP contribution in [0.15, 0.2) is 158 Å². The molecule has 83 heavy (non-hydrogen) atoms. The monoisotopic (exact) mass is 1170 g/mol. The van der Waals surface area contributed by atoms with Gasteiger partial charge in [0.05, 0.1) is 13.2 Å². The lowest BCUT2D eigenvalue weighted by Gasteiger charge is -2.19. The lowest BCUT2D eigenvalue weighted by molar-refractivity contribution is -0.161. The molecule has 0 amide bonds. The molecule has 2 unspecified atom stereocenters. The molecule has 2 atom stereocenters. The van der Waals surface area contributed by atoms with Gasteiger partial charge in [0.25, 0.3) is 0 Å². The van der Waals surface area contributed by atoms with E-state index in [1.54, 1.807) is 0 Å². The second kappa shape index (κ2) is 66.8. The first kappa shape index (κ1) is 78.6. The first-order valence-corrected chi connectivity index (χ1v) is 34.5. The van der Waals surface area contributed by atoms with Crippen molar-refractivity contribution in [3.05, 3.63) is 158 Å². The highest BCUT2D eigenvalue weighted by molar-refractivity contribution is 7.47. The SMILES string of the molecule is CC/C=C\C/C=C\C/C=C\C/C=C\C/C=C\C/C=C\C/C=C\C/C=C\C/C=C\CCCCCCCCCCCCCC(=O)OC(COC(=O)CCCCCCCCCCCC/C=C\C/C=C\C/C=C\C/C=C\CC)COP(=O)(O)OCCN. The lowest BCUT2D eigenvalue weighted by atomic mass is 10.0. The zero-order valence-electron chi connectivity index (χ0n) is 52.6. The molecule has 470 valence electrons. The summed E-state index contributed by atoms with van der Waals surface area (Å²) in [5.41, 5.74) is 5.39. The van der Waals surface area contributed by atoms with E-state index in [1.165, 1.54) is 83.5 Å². The maximum atomic E-state index is 12.8. The summed E-state index contributed by atoms with van der Waals surface area (Å²) in [5.74, 6) is -0.842. The Morgan fingerprint density at radius 3 is 0.928 bits per heavy atom. The number of rotatable bonds is 60. The second-order valence-electron chi connectivity index (χ2n) is 21.2. The predicted octanol–water partition coefficient (Wildman–Crippen LogP) is 21.6. The molecule has 0 aliphatic heterocycles.